The standard InChI is InChI=1S/C30H39N7O3S/c1-18(2)37-21(5)24(16-31-37)27-17-36(35-33-27)28-13-22(12-11-19(28)3)20(4)32-25-14-23(30(6,7)8)15-26(29(25)40-9)34-41(10,38)39/h11-18,32,34H,4H2,1-3,5-10H3. The maximum Gasteiger partial charge on any atom is 0.229 e. The lowest BCUT2D eigenvalue weighted by atomic mass is 9.86. The maximum atomic E-state index is 12.1. The highest BCUT2D eigenvalue weighted by Crippen LogP contribution is 2.40. The van der Waals surface area contributed by atoms with Crippen molar-refractivity contribution in [3.05, 3.63) is 71.7 Å². The Morgan fingerprint density at radius 3 is 2.37 bits per heavy atom. The molecule has 2 N–H and O–H groups in total. The Kier molecular flexibility index (Phi) is 8.04. The molecule has 41 heavy (non-hydrogen) atoms. The number of methoxy groups -OCH3 is 1. The van der Waals surface area contributed by atoms with Gasteiger partial charge in [0.15, 0.2) is 5.75 Å². The number of sulfonamides is 1. The van der Waals surface area contributed by atoms with Gasteiger partial charge in [0.25, 0.3) is 0 Å². The molecule has 0 saturated heterocycles. The molecule has 2 heterocycles. The van der Waals surface area contributed by atoms with Crippen LogP contribution in [0.4, 0.5) is 11.4 Å². The number of nitrogens with one attached hydrogen (secondary N) is 2. The molecule has 0 saturated carbocycles. The highest BCUT2D eigenvalue weighted by molar-refractivity contribution is 7.92. The molecule has 10 nitrogen and oxygen atoms in total. The van der Waals surface area contributed by atoms with Gasteiger partial charge in [-0.05, 0) is 68.0 Å². The minimum absolute atomic E-state index is 0.246. The van der Waals surface area contributed by atoms with Gasteiger partial charge in [0.05, 0.1) is 42.8 Å². The number of aryl methyl sites for hydroxylation is 1. The number of aromatic nitrogens is 5. The molecule has 0 fully saturated rings. The quantitative estimate of drug-likeness (QED) is 0.247. The summed E-state index contributed by atoms with van der Waals surface area (Å²) in [6, 6.07) is 9.96. The molecule has 0 amide bonds. The summed E-state index contributed by atoms with van der Waals surface area (Å²) >= 11 is 0. The fourth-order valence-corrected chi connectivity index (χ4v) is 5.18. The first-order chi connectivity index (χ1) is 19.1. The number of anilines is 2. The Morgan fingerprint density at radius 2 is 1.78 bits per heavy atom. The summed E-state index contributed by atoms with van der Waals surface area (Å²) < 4.78 is 36.2. The monoisotopic (exact) mass is 577 g/mol. The summed E-state index contributed by atoms with van der Waals surface area (Å²) in [4.78, 5) is 0. The summed E-state index contributed by atoms with van der Waals surface area (Å²) in [5.74, 6) is 0.371. The van der Waals surface area contributed by atoms with E-state index in [2.05, 4.69) is 66.6 Å². The molecular weight excluding hydrogens is 538 g/mol. The number of ether oxygens (including phenoxy) is 1. The second-order valence-corrected chi connectivity index (χ2v) is 13.3. The smallest absolute Gasteiger partial charge is 0.229 e. The summed E-state index contributed by atoms with van der Waals surface area (Å²) in [6.07, 6.45) is 4.84. The van der Waals surface area contributed by atoms with E-state index in [0.29, 0.717) is 22.8 Å². The van der Waals surface area contributed by atoms with Crippen LogP contribution in [0.5, 0.6) is 5.75 Å². The summed E-state index contributed by atoms with van der Waals surface area (Å²) in [7, 11) is -2.03. The number of rotatable bonds is 9. The Balaban J connectivity index is 1.70. The van der Waals surface area contributed by atoms with E-state index >= 15 is 0 Å². The number of hydrogen-bond acceptors (Lipinski definition) is 7. The fourth-order valence-electron chi connectivity index (χ4n) is 4.63. The SMILES string of the molecule is C=C(Nc1cc(C(C)(C)C)cc(NS(C)(=O)=O)c1OC)c1ccc(C)c(-n2cc(-c3cnn(C(C)C)c3C)nn2)c1. The zero-order valence-electron chi connectivity index (χ0n) is 25.2. The summed E-state index contributed by atoms with van der Waals surface area (Å²) in [5, 5.41) is 16.7. The molecule has 0 aliphatic heterocycles. The molecule has 0 radical (unpaired) electrons. The van der Waals surface area contributed by atoms with E-state index in [1.807, 2.05) is 55.2 Å². The predicted molar refractivity (Wildman–Crippen MR) is 165 cm³/mol. The average Bonchev–Trinajstić information content (AvgIpc) is 3.49. The van der Waals surface area contributed by atoms with E-state index in [1.54, 1.807) is 10.7 Å². The van der Waals surface area contributed by atoms with Crippen molar-refractivity contribution in [2.45, 2.75) is 59.9 Å². The van der Waals surface area contributed by atoms with Crippen molar-refractivity contribution in [3.63, 3.8) is 0 Å². The topological polar surface area (TPSA) is 116 Å². The number of nitrogens with zero attached hydrogens (tertiary/aromatic N) is 5. The highest BCUT2D eigenvalue weighted by atomic mass is 32.2. The van der Waals surface area contributed by atoms with Gasteiger partial charge in [0, 0.05) is 23.0 Å². The van der Waals surface area contributed by atoms with Crippen LogP contribution in [0.3, 0.4) is 0 Å². The predicted octanol–water partition coefficient (Wildman–Crippen LogP) is 6.09. The minimum atomic E-state index is -3.54. The lowest BCUT2D eigenvalue weighted by Crippen LogP contribution is -2.16. The van der Waals surface area contributed by atoms with E-state index in [-0.39, 0.29) is 11.5 Å². The molecule has 0 aliphatic rings. The van der Waals surface area contributed by atoms with Crippen LogP contribution >= 0.6 is 0 Å². The van der Waals surface area contributed by atoms with Crippen LogP contribution in [-0.4, -0.2) is 46.6 Å². The van der Waals surface area contributed by atoms with Crippen molar-refractivity contribution in [1.82, 2.24) is 24.8 Å². The lowest BCUT2D eigenvalue weighted by molar-refractivity contribution is 0.418. The molecule has 0 spiro atoms. The summed E-state index contributed by atoms with van der Waals surface area (Å²) in [6.45, 7) is 18.7. The molecular formula is C30H39N7O3S. The summed E-state index contributed by atoms with van der Waals surface area (Å²) in [5.41, 5.74) is 7.65. The van der Waals surface area contributed by atoms with Crippen LogP contribution in [0.2, 0.25) is 0 Å². The molecule has 2 aromatic heterocycles. The van der Waals surface area contributed by atoms with Crippen LogP contribution in [0, 0.1) is 13.8 Å². The van der Waals surface area contributed by atoms with Crippen LogP contribution < -0.4 is 14.8 Å². The first-order valence-electron chi connectivity index (χ1n) is 13.3. The van der Waals surface area contributed by atoms with Crippen molar-refractivity contribution >= 4 is 27.1 Å². The van der Waals surface area contributed by atoms with Crippen LogP contribution in [0.25, 0.3) is 22.6 Å². The Bertz CT molecular complexity index is 1710. The first kappa shape index (κ1) is 29.9. The van der Waals surface area contributed by atoms with Gasteiger partial charge < -0.3 is 10.1 Å². The highest BCUT2D eigenvalue weighted by Gasteiger charge is 2.22. The molecule has 0 bridgehead atoms. The molecule has 11 heteroatoms. The van der Waals surface area contributed by atoms with Crippen molar-refractivity contribution in [2.24, 2.45) is 0 Å². The Hall–Kier alpha value is -4.12. The largest absolute Gasteiger partial charge is 0.492 e. The second-order valence-electron chi connectivity index (χ2n) is 11.6. The molecule has 4 rings (SSSR count). The first-order valence-corrected chi connectivity index (χ1v) is 15.2. The van der Waals surface area contributed by atoms with Gasteiger partial charge in [-0.1, -0.05) is 44.7 Å². The van der Waals surface area contributed by atoms with Gasteiger partial charge in [-0.15, -0.1) is 5.10 Å². The third kappa shape index (κ3) is 6.45. The van der Waals surface area contributed by atoms with Crippen LogP contribution in [-0.2, 0) is 15.4 Å². The Morgan fingerprint density at radius 1 is 1.10 bits per heavy atom. The van der Waals surface area contributed by atoms with Gasteiger partial charge in [-0.25, -0.2) is 13.1 Å². The zero-order valence-corrected chi connectivity index (χ0v) is 26.0. The van der Waals surface area contributed by atoms with E-state index < -0.39 is 10.0 Å². The molecule has 2 aromatic carbocycles. The molecule has 0 atom stereocenters. The van der Waals surface area contributed by atoms with Crippen molar-refractivity contribution < 1.29 is 13.2 Å². The third-order valence-electron chi connectivity index (χ3n) is 6.85. The molecule has 0 aliphatic carbocycles. The van der Waals surface area contributed by atoms with E-state index in [9.17, 15) is 8.42 Å². The maximum absolute atomic E-state index is 12.1. The van der Waals surface area contributed by atoms with Gasteiger partial charge >= 0.3 is 0 Å². The van der Waals surface area contributed by atoms with E-state index in [1.165, 1.54) is 7.11 Å². The number of benzene rings is 2. The Labute approximate surface area is 242 Å². The second kappa shape index (κ2) is 11.0. The van der Waals surface area contributed by atoms with Crippen LogP contribution in [0.1, 0.15) is 63.0 Å². The van der Waals surface area contributed by atoms with Crippen LogP contribution in [0.15, 0.2) is 49.3 Å². The molecule has 218 valence electrons. The lowest BCUT2D eigenvalue weighted by Gasteiger charge is -2.24. The molecule has 4 aromatic rings. The van der Waals surface area contributed by atoms with E-state index in [4.69, 9.17) is 4.74 Å². The average molecular weight is 578 g/mol. The third-order valence-corrected chi connectivity index (χ3v) is 7.44. The van der Waals surface area contributed by atoms with Gasteiger partial charge in [0.1, 0.15) is 5.69 Å². The number of hydrogen-bond donors (Lipinski definition) is 2. The normalized spacial score (nSPS) is 12.0. The van der Waals surface area contributed by atoms with Crippen molar-refractivity contribution in [3.8, 4) is 22.7 Å². The van der Waals surface area contributed by atoms with Crippen molar-refractivity contribution in [2.75, 3.05) is 23.4 Å². The van der Waals surface area contributed by atoms with Gasteiger partial charge in [0.2, 0.25) is 10.0 Å². The fraction of sp³-hybridized carbons (Fsp3) is 0.367. The minimum Gasteiger partial charge on any atom is -0.492 e. The van der Waals surface area contributed by atoms with Gasteiger partial charge in [-0.2, -0.15) is 5.10 Å². The van der Waals surface area contributed by atoms with Gasteiger partial charge in [-0.3, -0.25) is 9.40 Å². The molecule has 0 unspecified atom stereocenters. The zero-order chi connectivity index (χ0) is 30.3. The van der Waals surface area contributed by atoms with Crippen molar-refractivity contribution in [1.29, 1.82) is 0 Å². The van der Waals surface area contributed by atoms with E-state index in [0.717, 1.165) is 45.6 Å².